The molecule has 8 rings (SSSR count). The summed E-state index contributed by atoms with van der Waals surface area (Å²) in [7, 11) is 0. The zero-order valence-corrected chi connectivity index (χ0v) is 40.6. The summed E-state index contributed by atoms with van der Waals surface area (Å²) in [6.45, 7) is 17.8. The first-order valence-electron chi connectivity index (χ1n) is 24.6. The molecule has 1 amide bonds. The van der Waals surface area contributed by atoms with Crippen LogP contribution in [0.4, 0.5) is 0 Å². The Labute approximate surface area is 393 Å². The minimum absolute atomic E-state index is 0.0448. The van der Waals surface area contributed by atoms with Crippen molar-refractivity contribution in [2.24, 2.45) is 50.2 Å². The van der Waals surface area contributed by atoms with E-state index in [1.165, 1.54) is 19.4 Å². The molecule has 3 heterocycles. The van der Waals surface area contributed by atoms with Crippen molar-refractivity contribution in [1.29, 1.82) is 0 Å². The summed E-state index contributed by atoms with van der Waals surface area (Å²) in [5, 5.41) is 101. The molecule has 18 nitrogen and oxygen atoms in total. The molecule has 5 aliphatic carbocycles. The van der Waals surface area contributed by atoms with E-state index in [4.69, 9.17) is 28.4 Å². The number of rotatable bonds is 9. The molecule has 7 fully saturated rings. The van der Waals surface area contributed by atoms with E-state index >= 15 is 0 Å². The van der Waals surface area contributed by atoms with Gasteiger partial charge in [-0.15, -0.1) is 0 Å². The van der Waals surface area contributed by atoms with Gasteiger partial charge in [0.05, 0.1) is 31.5 Å². The zero-order valence-electron chi connectivity index (χ0n) is 40.6. The predicted octanol–water partition coefficient (Wildman–Crippen LogP) is 1.49. The minimum atomic E-state index is -1.72. The van der Waals surface area contributed by atoms with Gasteiger partial charge in [0.15, 0.2) is 18.9 Å². The van der Waals surface area contributed by atoms with Crippen LogP contribution in [-0.4, -0.2) is 169 Å². The van der Waals surface area contributed by atoms with Crippen LogP contribution in [0.2, 0.25) is 0 Å². The van der Waals surface area contributed by atoms with Crippen molar-refractivity contribution in [3.8, 4) is 0 Å². The molecule has 0 aromatic heterocycles. The number of allylic oxidation sites excluding steroid dienone is 2. The molecule has 382 valence electrons. The number of carboxylic acid groups (broad SMARTS) is 1. The average Bonchev–Trinajstić information content (AvgIpc) is 3.24. The lowest BCUT2D eigenvalue weighted by atomic mass is 9.33. The second kappa shape index (κ2) is 18.0. The van der Waals surface area contributed by atoms with Crippen LogP contribution in [0.1, 0.15) is 120 Å². The number of nitrogens with one attached hydrogen (secondary N) is 1. The Morgan fingerprint density at radius 1 is 0.761 bits per heavy atom. The van der Waals surface area contributed by atoms with E-state index in [0.29, 0.717) is 19.3 Å². The normalized spacial score (nSPS) is 52.6. The van der Waals surface area contributed by atoms with Crippen molar-refractivity contribution < 1.29 is 84.0 Å². The number of aliphatic hydroxyl groups excluding tert-OH is 8. The Kier molecular flexibility index (Phi) is 13.8. The van der Waals surface area contributed by atoms with Crippen LogP contribution in [0.3, 0.4) is 0 Å². The summed E-state index contributed by atoms with van der Waals surface area (Å²) < 4.78 is 36.4. The number of carbonyl (C=O) groups is 2. The third-order valence-corrected chi connectivity index (χ3v) is 19.3. The Morgan fingerprint density at radius 3 is 2.13 bits per heavy atom. The van der Waals surface area contributed by atoms with Crippen LogP contribution < -0.4 is 5.32 Å². The quantitative estimate of drug-likeness (QED) is 0.116. The first kappa shape index (κ1) is 51.5. The fourth-order valence-corrected chi connectivity index (χ4v) is 15.2. The first-order valence-corrected chi connectivity index (χ1v) is 24.6. The highest BCUT2D eigenvalue weighted by molar-refractivity contribution is 5.77. The molecule has 0 bridgehead atoms. The van der Waals surface area contributed by atoms with E-state index in [1.54, 1.807) is 0 Å². The SMILES string of the molecule is CC(=O)N[C@H]1[C@H](O[C@H]2CC[C@]3(C)[C@H]4CC=C5[C@@H]6CC(C)(C)CC[C@]6(C(=O)O)[C@H](O)C[C@@]5(C)[C@]4(C)CC[C@H]3C2(C)C)O[C@H](CO[C@@H]2O[C@H](C)[C@H](O)[C@H](O)[C@H]2O[C@H]2OC[C@H](O)[C@H](O)[C@H]2O)[C@@H](O)[C@@H]1O. The summed E-state index contributed by atoms with van der Waals surface area (Å²) in [4.78, 5) is 25.8. The number of amides is 1. The van der Waals surface area contributed by atoms with Crippen molar-refractivity contribution >= 4 is 11.9 Å². The summed E-state index contributed by atoms with van der Waals surface area (Å²) >= 11 is 0. The summed E-state index contributed by atoms with van der Waals surface area (Å²) in [5.41, 5.74) is -1.27. The van der Waals surface area contributed by atoms with Gasteiger partial charge in [-0.05, 0) is 110 Å². The predicted molar refractivity (Wildman–Crippen MR) is 236 cm³/mol. The molecule has 0 unspecified atom stereocenters. The van der Waals surface area contributed by atoms with Crippen molar-refractivity contribution in [1.82, 2.24) is 5.32 Å². The highest BCUT2D eigenvalue weighted by Crippen LogP contribution is 2.76. The lowest BCUT2D eigenvalue weighted by Gasteiger charge is -2.71. The topological polar surface area (TPSA) is 284 Å². The summed E-state index contributed by atoms with van der Waals surface area (Å²) in [6, 6.07) is -1.17. The van der Waals surface area contributed by atoms with Crippen LogP contribution in [-0.2, 0) is 38.0 Å². The molecular formula is C49H79NO17. The number of carboxylic acids is 1. The Morgan fingerprint density at radius 2 is 1.46 bits per heavy atom. The number of hydrogen-bond donors (Lipinski definition) is 10. The van der Waals surface area contributed by atoms with Crippen LogP contribution in [0.15, 0.2) is 11.6 Å². The van der Waals surface area contributed by atoms with Crippen LogP contribution in [0.25, 0.3) is 0 Å². The third-order valence-electron chi connectivity index (χ3n) is 19.3. The molecule has 0 spiro atoms. The van der Waals surface area contributed by atoms with Gasteiger partial charge in [0.25, 0.3) is 0 Å². The van der Waals surface area contributed by atoms with Gasteiger partial charge in [0.2, 0.25) is 5.91 Å². The maximum absolute atomic E-state index is 13.2. The Hall–Kier alpha value is -1.88. The fraction of sp³-hybridized carbons (Fsp3) is 0.918. The lowest BCUT2D eigenvalue weighted by molar-refractivity contribution is -0.361. The van der Waals surface area contributed by atoms with E-state index in [-0.39, 0.29) is 40.6 Å². The average molecular weight is 954 g/mol. The smallest absolute Gasteiger partial charge is 0.312 e. The molecule has 8 aliphatic rings. The second-order valence-electron chi connectivity index (χ2n) is 23.9. The van der Waals surface area contributed by atoms with Crippen molar-refractivity contribution in [2.75, 3.05) is 13.2 Å². The van der Waals surface area contributed by atoms with Gasteiger partial charge in [-0.25, -0.2) is 0 Å². The monoisotopic (exact) mass is 954 g/mol. The number of carbonyl (C=O) groups excluding carboxylic acids is 1. The van der Waals surface area contributed by atoms with Crippen LogP contribution >= 0.6 is 0 Å². The van der Waals surface area contributed by atoms with Crippen LogP contribution in [0.5, 0.6) is 0 Å². The van der Waals surface area contributed by atoms with Crippen molar-refractivity contribution in [2.45, 2.75) is 218 Å². The molecule has 0 aromatic carbocycles. The van der Waals surface area contributed by atoms with Crippen LogP contribution in [0, 0.1) is 50.2 Å². The highest BCUT2D eigenvalue weighted by atomic mass is 16.8. The molecule has 18 heteroatoms. The van der Waals surface area contributed by atoms with E-state index < -0.39 is 133 Å². The van der Waals surface area contributed by atoms with Crippen molar-refractivity contribution in [3.63, 3.8) is 0 Å². The fourth-order valence-electron chi connectivity index (χ4n) is 15.2. The van der Waals surface area contributed by atoms with Gasteiger partial charge in [-0.2, -0.15) is 0 Å². The van der Waals surface area contributed by atoms with E-state index in [2.05, 4.69) is 59.9 Å². The Balaban J connectivity index is 1.01. The lowest BCUT2D eigenvalue weighted by Crippen LogP contribution is -2.68. The summed E-state index contributed by atoms with van der Waals surface area (Å²) in [5.74, 6) is -1.22. The van der Waals surface area contributed by atoms with Gasteiger partial charge in [-0.3, -0.25) is 9.59 Å². The number of aliphatic carboxylic acids is 1. The minimum Gasteiger partial charge on any atom is -0.481 e. The van der Waals surface area contributed by atoms with Crippen molar-refractivity contribution in [3.05, 3.63) is 11.6 Å². The highest BCUT2D eigenvalue weighted by Gasteiger charge is 2.71. The van der Waals surface area contributed by atoms with Gasteiger partial charge in [0, 0.05) is 6.92 Å². The van der Waals surface area contributed by atoms with Gasteiger partial charge in [-0.1, -0.05) is 60.1 Å². The maximum atomic E-state index is 13.2. The molecule has 0 aromatic rings. The molecule has 3 saturated heterocycles. The summed E-state index contributed by atoms with van der Waals surface area (Å²) in [6.07, 6.45) is -11.7. The molecular weight excluding hydrogens is 875 g/mol. The molecule has 4 saturated carbocycles. The molecule has 67 heavy (non-hydrogen) atoms. The molecule has 0 radical (unpaired) electrons. The van der Waals surface area contributed by atoms with Gasteiger partial charge >= 0.3 is 5.97 Å². The first-order chi connectivity index (χ1) is 31.1. The molecule has 10 N–H and O–H groups in total. The third kappa shape index (κ3) is 8.26. The standard InChI is InChI=1S/C49H79NO17/c1-22-33(54)37(58)39(67-41-38(59)34(55)26(52)20-62-41)42(64-22)63-21-27-35(56)36(57)32(50-23(2)51)40(65-27)66-31-13-14-46(7)28(45(31,5)6)12-15-47(8)29(46)11-10-24-25-18-44(3,4)16-17-49(25,43(60)61)30(53)19-48(24,47)9/h10,22,25-42,52-59H,11-21H2,1-9H3,(H,50,51)(H,60,61)/t22-,25+,26+,27-,28+,29-,30-,31+,32-,33+,34+,35-,36-,37+,38-,39-,40+,41-,42-,46+,47-,48-,49-/m1/s1. The molecule has 3 aliphatic heterocycles. The van der Waals surface area contributed by atoms with Gasteiger partial charge < -0.3 is 79.7 Å². The number of fused-ring (bicyclic) bond motifs is 7. The van der Waals surface area contributed by atoms with Gasteiger partial charge in [0.1, 0.15) is 66.4 Å². The Bertz CT molecular complexity index is 1880. The number of aliphatic hydroxyl groups is 8. The maximum Gasteiger partial charge on any atom is 0.312 e. The zero-order chi connectivity index (χ0) is 49.1. The number of ether oxygens (including phenoxy) is 6. The number of hydrogen-bond acceptors (Lipinski definition) is 16. The second-order valence-corrected chi connectivity index (χ2v) is 23.9. The van der Waals surface area contributed by atoms with E-state index in [1.807, 2.05) is 0 Å². The van der Waals surface area contributed by atoms with E-state index in [0.717, 1.165) is 38.5 Å². The molecule has 23 atom stereocenters. The van der Waals surface area contributed by atoms with E-state index in [9.17, 15) is 55.5 Å². The largest absolute Gasteiger partial charge is 0.481 e.